The van der Waals surface area contributed by atoms with Gasteiger partial charge in [-0.3, -0.25) is 9.88 Å². The van der Waals surface area contributed by atoms with Crippen molar-refractivity contribution in [1.82, 2.24) is 15.2 Å². The van der Waals surface area contributed by atoms with Gasteiger partial charge in [-0.1, -0.05) is 6.07 Å². The van der Waals surface area contributed by atoms with Crippen LogP contribution < -0.4 is 5.32 Å². The van der Waals surface area contributed by atoms with Gasteiger partial charge in [0.05, 0.1) is 6.61 Å². The van der Waals surface area contributed by atoms with Crippen LogP contribution in [0.4, 0.5) is 0 Å². The van der Waals surface area contributed by atoms with Crippen molar-refractivity contribution < 1.29 is 5.11 Å². The maximum absolute atomic E-state index is 9.11. The van der Waals surface area contributed by atoms with E-state index in [1.807, 2.05) is 12.3 Å². The van der Waals surface area contributed by atoms with Crippen LogP contribution in [0.3, 0.4) is 0 Å². The predicted molar refractivity (Wildman–Crippen MR) is 67.6 cm³/mol. The molecule has 0 aromatic carbocycles. The van der Waals surface area contributed by atoms with Crippen molar-refractivity contribution in [2.24, 2.45) is 0 Å². The summed E-state index contributed by atoms with van der Waals surface area (Å²) in [5.41, 5.74) is 1.21. The van der Waals surface area contributed by atoms with Crippen molar-refractivity contribution in [2.45, 2.75) is 25.4 Å². The number of hydrogen-bond acceptors (Lipinski definition) is 4. The van der Waals surface area contributed by atoms with Gasteiger partial charge in [0.2, 0.25) is 0 Å². The van der Waals surface area contributed by atoms with Crippen LogP contribution in [0.25, 0.3) is 0 Å². The molecule has 4 nitrogen and oxygen atoms in total. The van der Waals surface area contributed by atoms with Crippen molar-refractivity contribution in [2.75, 3.05) is 26.2 Å². The van der Waals surface area contributed by atoms with E-state index in [-0.39, 0.29) is 6.61 Å². The molecule has 17 heavy (non-hydrogen) atoms. The summed E-state index contributed by atoms with van der Waals surface area (Å²) in [6.45, 7) is 3.95. The molecule has 0 radical (unpaired) electrons. The average molecular weight is 235 g/mol. The average Bonchev–Trinajstić information content (AvgIpc) is 2.83. The van der Waals surface area contributed by atoms with Crippen LogP contribution in [-0.2, 0) is 6.54 Å². The second-order valence-electron chi connectivity index (χ2n) is 4.61. The topological polar surface area (TPSA) is 48.4 Å². The molecule has 2 N–H and O–H groups in total. The van der Waals surface area contributed by atoms with Crippen molar-refractivity contribution in [3.8, 4) is 0 Å². The third-order valence-corrected chi connectivity index (χ3v) is 3.19. The SMILES string of the molecule is OCCN(Cc1cccnc1)CC1CCCN1. The number of nitrogens with one attached hydrogen (secondary N) is 1. The van der Waals surface area contributed by atoms with Crippen LogP contribution in [0.1, 0.15) is 18.4 Å². The van der Waals surface area contributed by atoms with Crippen molar-refractivity contribution in [1.29, 1.82) is 0 Å². The van der Waals surface area contributed by atoms with Crippen LogP contribution in [-0.4, -0.2) is 47.3 Å². The Bertz CT molecular complexity index is 312. The van der Waals surface area contributed by atoms with Gasteiger partial charge in [0, 0.05) is 38.1 Å². The lowest BCUT2D eigenvalue weighted by Crippen LogP contribution is -2.38. The minimum Gasteiger partial charge on any atom is -0.395 e. The first-order chi connectivity index (χ1) is 8.38. The lowest BCUT2D eigenvalue weighted by Gasteiger charge is -2.24. The van der Waals surface area contributed by atoms with E-state index in [9.17, 15) is 0 Å². The van der Waals surface area contributed by atoms with Gasteiger partial charge in [-0.2, -0.15) is 0 Å². The highest BCUT2D eigenvalue weighted by atomic mass is 16.3. The lowest BCUT2D eigenvalue weighted by atomic mass is 10.2. The molecule has 0 aliphatic carbocycles. The van der Waals surface area contributed by atoms with Gasteiger partial charge in [0.25, 0.3) is 0 Å². The first-order valence-corrected chi connectivity index (χ1v) is 6.34. The molecule has 1 atom stereocenters. The first-order valence-electron chi connectivity index (χ1n) is 6.34. The van der Waals surface area contributed by atoms with Gasteiger partial charge in [-0.15, -0.1) is 0 Å². The Morgan fingerprint density at radius 3 is 3.12 bits per heavy atom. The molecule has 0 amide bonds. The van der Waals surface area contributed by atoms with E-state index < -0.39 is 0 Å². The van der Waals surface area contributed by atoms with E-state index in [4.69, 9.17) is 5.11 Å². The molecule has 1 unspecified atom stereocenters. The van der Waals surface area contributed by atoms with Gasteiger partial charge in [0.15, 0.2) is 0 Å². The van der Waals surface area contributed by atoms with E-state index in [0.29, 0.717) is 6.04 Å². The van der Waals surface area contributed by atoms with E-state index in [1.165, 1.54) is 18.4 Å². The Morgan fingerprint density at radius 1 is 1.53 bits per heavy atom. The molecule has 94 valence electrons. The number of rotatable bonds is 6. The van der Waals surface area contributed by atoms with E-state index >= 15 is 0 Å². The van der Waals surface area contributed by atoms with Gasteiger partial charge in [-0.25, -0.2) is 0 Å². The van der Waals surface area contributed by atoms with Crippen molar-refractivity contribution in [3.05, 3.63) is 30.1 Å². The van der Waals surface area contributed by atoms with Gasteiger partial charge >= 0.3 is 0 Å². The number of nitrogens with zero attached hydrogens (tertiary/aromatic N) is 2. The Balaban J connectivity index is 1.87. The summed E-state index contributed by atoms with van der Waals surface area (Å²) in [5.74, 6) is 0. The zero-order valence-electron chi connectivity index (χ0n) is 10.2. The molecule has 0 saturated carbocycles. The number of aromatic nitrogens is 1. The molecule has 2 rings (SSSR count). The summed E-state index contributed by atoms with van der Waals surface area (Å²) in [7, 11) is 0. The Labute approximate surface area is 103 Å². The molecule has 2 heterocycles. The largest absolute Gasteiger partial charge is 0.395 e. The normalized spacial score (nSPS) is 20.0. The highest BCUT2D eigenvalue weighted by Gasteiger charge is 2.17. The fourth-order valence-electron chi connectivity index (χ4n) is 2.35. The Morgan fingerprint density at radius 2 is 2.47 bits per heavy atom. The molecule has 1 aliphatic rings. The maximum atomic E-state index is 9.11. The number of pyridine rings is 1. The summed E-state index contributed by atoms with van der Waals surface area (Å²) in [6, 6.07) is 4.62. The van der Waals surface area contributed by atoms with E-state index in [1.54, 1.807) is 6.20 Å². The highest BCUT2D eigenvalue weighted by molar-refractivity contribution is 5.08. The highest BCUT2D eigenvalue weighted by Crippen LogP contribution is 2.09. The first kappa shape index (κ1) is 12.5. The van der Waals surface area contributed by atoms with Crippen molar-refractivity contribution in [3.63, 3.8) is 0 Å². The second kappa shape index (κ2) is 6.69. The monoisotopic (exact) mass is 235 g/mol. The third-order valence-electron chi connectivity index (χ3n) is 3.19. The van der Waals surface area contributed by atoms with Gasteiger partial charge in [0.1, 0.15) is 0 Å². The Hall–Kier alpha value is -0.970. The molecule has 1 aromatic rings. The predicted octanol–water partition coefficient (Wildman–Crippen LogP) is 0.628. The summed E-state index contributed by atoms with van der Waals surface area (Å²) in [5, 5.41) is 12.6. The number of aliphatic hydroxyl groups excluding tert-OH is 1. The van der Waals surface area contributed by atoms with Gasteiger partial charge in [-0.05, 0) is 31.0 Å². The van der Waals surface area contributed by atoms with Crippen LogP contribution in [0.5, 0.6) is 0 Å². The molecule has 1 saturated heterocycles. The van der Waals surface area contributed by atoms with Crippen LogP contribution >= 0.6 is 0 Å². The standard InChI is InChI=1S/C13H21N3O/c17-8-7-16(11-13-4-2-6-15-13)10-12-3-1-5-14-9-12/h1,3,5,9,13,15,17H,2,4,6-8,10-11H2. The fourth-order valence-corrected chi connectivity index (χ4v) is 2.35. The Kier molecular flexibility index (Phi) is 4.91. The van der Waals surface area contributed by atoms with Crippen LogP contribution in [0, 0.1) is 0 Å². The molecule has 1 aromatic heterocycles. The quantitative estimate of drug-likeness (QED) is 0.759. The van der Waals surface area contributed by atoms with Crippen LogP contribution in [0.15, 0.2) is 24.5 Å². The summed E-state index contributed by atoms with van der Waals surface area (Å²) in [4.78, 5) is 6.42. The summed E-state index contributed by atoms with van der Waals surface area (Å²) >= 11 is 0. The van der Waals surface area contributed by atoms with Crippen LogP contribution in [0.2, 0.25) is 0 Å². The van der Waals surface area contributed by atoms with E-state index in [2.05, 4.69) is 21.3 Å². The molecular formula is C13H21N3O. The zero-order chi connectivity index (χ0) is 11.9. The molecular weight excluding hydrogens is 214 g/mol. The number of hydrogen-bond donors (Lipinski definition) is 2. The third kappa shape index (κ3) is 4.07. The molecule has 4 heteroatoms. The fraction of sp³-hybridized carbons (Fsp3) is 0.615. The smallest absolute Gasteiger partial charge is 0.0558 e. The molecule has 0 bridgehead atoms. The molecule has 1 fully saturated rings. The maximum Gasteiger partial charge on any atom is 0.0558 e. The zero-order valence-corrected chi connectivity index (χ0v) is 10.2. The number of aliphatic hydroxyl groups is 1. The van der Waals surface area contributed by atoms with Crippen molar-refractivity contribution >= 4 is 0 Å². The molecule has 0 spiro atoms. The van der Waals surface area contributed by atoms with Gasteiger partial charge < -0.3 is 10.4 Å². The second-order valence-corrected chi connectivity index (χ2v) is 4.61. The summed E-state index contributed by atoms with van der Waals surface area (Å²) in [6.07, 6.45) is 6.20. The minimum absolute atomic E-state index is 0.215. The lowest BCUT2D eigenvalue weighted by molar-refractivity contribution is 0.179. The van der Waals surface area contributed by atoms with E-state index in [0.717, 1.165) is 26.2 Å². The summed E-state index contributed by atoms with van der Waals surface area (Å²) < 4.78 is 0. The minimum atomic E-state index is 0.215. The molecule has 1 aliphatic heterocycles.